The molecular weight excluding hydrogens is 246 g/mol. The van der Waals surface area contributed by atoms with Crippen LogP contribution in [0.3, 0.4) is 0 Å². The van der Waals surface area contributed by atoms with Crippen molar-refractivity contribution in [3.05, 3.63) is 17.5 Å². The molecule has 6 nitrogen and oxygen atoms in total. The molecule has 0 bridgehead atoms. The highest BCUT2D eigenvalue weighted by molar-refractivity contribution is 5.68. The first-order valence-corrected chi connectivity index (χ1v) is 6.59. The van der Waals surface area contributed by atoms with E-state index in [0.29, 0.717) is 0 Å². The van der Waals surface area contributed by atoms with Crippen molar-refractivity contribution in [2.75, 3.05) is 19.7 Å². The van der Waals surface area contributed by atoms with Crippen molar-refractivity contribution in [2.45, 2.75) is 32.4 Å². The quantitative estimate of drug-likeness (QED) is 0.854. The first-order valence-electron chi connectivity index (χ1n) is 6.59. The van der Waals surface area contributed by atoms with Gasteiger partial charge < -0.3 is 9.84 Å². The van der Waals surface area contributed by atoms with Gasteiger partial charge in [-0.3, -0.25) is 9.58 Å². The van der Waals surface area contributed by atoms with Crippen molar-refractivity contribution < 1.29 is 14.6 Å². The molecule has 106 valence electrons. The number of hydrogen-bond donors (Lipinski definition) is 1. The zero-order chi connectivity index (χ0) is 13.8. The lowest BCUT2D eigenvalue weighted by Gasteiger charge is -2.31. The van der Waals surface area contributed by atoms with Gasteiger partial charge in [-0.05, 0) is 19.8 Å². The van der Waals surface area contributed by atoms with E-state index in [4.69, 9.17) is 9.84 Å². The highest BCUT2D eigenvalue weighted by Gasteiger charge is 2.21. The first kappa shape index (κ1) is 14.0. The van der Waals surface area contributed by atoms with Crippen molar-refractivity contribution in [3.8, 4) is 0 Å². The van der Waals surface area contributed by atoms with E-state index in [0.717, 1.165) is 32.5 Å². The lowest BCUT2D eigenvalue weighted by Crippen LogP contribution is -2.37. The molecule has 0 radical (unpaired) electrons. The van der Waals surface area contributed by atoms with Crippen LogP contribution < -0.4 is 0 Å². The zero-order valence-corrected chi connectivity index (χ0v) is 11.5. The Balaban J connectivity index is 1.77. The molecule has 0 spiro atoms. The molecular formula is C13H21N3O3. The van der Waals surface area contributed by atoms with Crippen LogP contribution in [-0.2, 0) is 23.1 Å². The molecule has 0 aromatic carbocycles. The van der Waals surface area contributed by atoms with E-state index in [1.54, 1.807) is 0 Å². The second-order valence-corrected chi connectivity index (χ2v) is 5.06. The molecule has 0 amide bonds. The predicted octanol–water partition coefficient (Wildman–Crippen LogP) is 0.794. The smallest absolute Gasteiger partial charge is 0.329 e. The first-order chi connectivity index (χ1) is 9.06. The Morgan fingerprint density at radius 1 is 1.53 bits per heavy atom. The fraction of sp³-hybridized carbons (Fsp3) is 0.692. The highest BCUT2D eigenvalue weighted by Crippen LogP contribution is 2.17. The third-order valence-corrected chi connectivity index (χ3v) is 3.71. The van der Waals surface area contributed by atoms with Gasteiger partial charge in [-0.1, -0.05) is 0 Å². The van der Waals surface area contributed by atoms with Gasteiger partial charge in [0, 0.05) is 37.9 Å². The van der Waals surface area contributed by atoms with Crippen LogP contribution in [0.2, 0.25) is 0 Å². The maximum absolute atomic E-state index is 10.4. The van der Waals surface area contributed by atoms with Crippen molar-refractivity contribution in [1.82, 2.24) is 14.7 Å². The molecule has 2 rings (SSSR count). The number of carbonyl (C=O) groups is 1. The van der Waals surface area contributed by atoms with Crippen LogP contribution in [0.15, 0.2) is 6.20 Å². The number of aromatic nitrogens is 2. The summed E-state index contributed by atoms with van der Waals surface area (Å²) in [5, 5.41) is 12.8. The van der Waals surface area contributed by atoms with Crippen molar-refractivity contribution in [1.29, 1.82) is 0 Å². The van der Waals surface area contributed by atoms with E-state index in [1.807, 2.05) is 17.9 Å². The zero-order valence-electron chi connectivity index (χ0n) is 11.5. The Morgan fingerprint density at radius 2 is 2.21 bits per heavy atom. The Morgan fingerprint density at radius 3 is 2.74 bits per heavy atom. The van der Waals surface area contributed by atoms with Gasteiger partial charge in [-0.15, -0.1) is 0 Å². The Hall–Kier alpha value is -1.40. The summed E-state index contributed by atoms with van der Waals surface area (Å²) in [5.74, 6) is -0.895. The Bertz CT molecular complexity index is 436. The normalized spacial score (nSPS) is 17.8. The average Bonchev–Trinajstić information content (AvgIpc) is 2.70. The van der Waals surface area contributed by atoms with Gasteiger partial charge in [-0.2, -0.15) is 5.10 Å². The Labute approximate surface area is 113 Å². The largest absolute Gasteiger partial charge is 0.480 e. The van der Waals surface area contributed by atoms with Gasteiger partial charge in [0.1, 0.15) is 6.61 Å². The molecule has 2 heterocycles. The summed E-state index contributed by atoms with van der Waals surface area (Å²) in [4.78, 5) is 12.8. The summed E-state index contributed by atoms with van der Waals surface area (Å²) in [6.07, 6.45) is 3.80. The van der Waals surface area contributed by atoms with Gasteiger partial charge in [-0.25, -0.2) is 4.79 Å². The van der Waals surface area contributed by atoms with E-state index in [1.165, 1.54) is 11.3 Å². The molecule has 1 aromatic rings. The molecule has 0 unspecified atom stereocenters. The van der Waals surface area contributed by atoms with Crippen LogP contribution in [0.25, 0.3) is 0 Å². The summed E-state index contributed by atoms with van der Waals surface area (Å²) in [7, 11) is 1.95. The molecule has 19 heavy (non-hydrogen) atoms. The van der Waals surface area contributed by atoms with E-state index in [-0.39, 0.29) is 12.7 Å². The summed E-state index contributed by atoms with van der Waals surface area (Å²) in [5.41, 5.74) is 2.46. The molecule has 0 aliphatic carbocycles. The molecule has 1 saturated heterocycles. The molecule has 1 aliphatic rings. The summed E-state index contributed by atoms with van der Waals surface area (Å²) in [6.45, 7) is 4.68. The van der Waals surface area contributed by atoms with E-state index < -0.39 is 5.97 Å². The molecule has 0 saturated carbocycles. The van der Waals surface area contributed by atoms with Gasteiger partial charge in [0.05, 0.1) is 12.3 Å². The minimum atomic E-state index is -0.895. The number of nitrogens with zero attached hydrogens (tertiary/aromatic N) is 3. The third kappa shape index (κ3) is 3.78. The molecule has 1 N–H and O–H groups in total. The fourth-order valence-electron chi connectivity index (χ4n) is 2.36. The van der Waals surface area contributed by atoms with Gasteiger partial charge in [0.2, 0.25) is 0 Å². The van der Waals surface area contributed by atoms with E-state index >= 15 is 0 Å². The number of rotatable bonds is 5. The van der Waals surface area contributed by atoms with Crippen LogP contribution in [0.1, 0.15) is 24.1 Å². The molecule has 6 heteroatoms. The van der Waals surface area contributed by atoms with Crippen LogP contribution in [-0.4, -0.2) is 51.6 Å². The van der Waals surface area contributed by atoms with Gasteiger partial charge in [0.15, 0.2) is 0 Å². The molecule has 1 aromatic heterocycles. The standard InChI is InChI=1S/C13H21N3O3/c1-10-11(7-14-15(10)2)8-16-5-3-12(4-6-16)19-9-13(17)18/h7,12H,3-6,8-9H2,1-2H3,(H,17,18). The van der Waals surface area contributed by atoms with Crippen LogP contribution >= 0.6 is 0 Å². The van der Waals surface area contributed by atoms with Crippen molar-refractivity contribution >= 4 is 5.97 Å². The maximum atomic E-state index is 10.4. The van der Waals surface area contributed by atoms with Crippen molar-refractivity contribution in [2.24, 2.45) is 7.05 Å². The number of carboxylic acid groups (broad SMARTS) is 1. The minimum Gasteiger partial charge on any atom is -0.480 e. The maximum Gasteiger partial charge on any atom is 0.329 e. The molecule has 1 aliphatic heterocycles. The highest BCUT2D eigenvalue weighted by atomic mass is 16.5. The Kier molecular flexibility index (Phi) is 4.55. The number of carboxylic acids is 1. The van der Waals surface area contributed by atoms with E-state index in [2.05, 4.69) is 16.9 Å². The lowest BCUT2D eigenvalue weighted by molar-refractivity contribution is -0.145. The fourth-order valence-corrected chi connectivity index (χ4v) is 2.36. The number of piperidine rings is 1. The molecule has 0 atom stereocenters. The van der Waals surface area contributed by atoms with Crippen LogP contribution in [0, 0.1) is 6.92 Å². The number of ether oxygens (including phenoxy) is 1. The number of hydrogen-bond acceptors (Lipinski definition) is 4. The molecule has 1 fully saturated rings. The monoisotopic (exact) mass is 267 g/mol. The topological polar surface area (TPSA) is 67.6 Å². The summed E-state index contributed by atoms with van der Waals surface area (Å²) in [6, 6.07) is 0. The lowest BCUT2D eigenvalue weighted by atomic mass is 10.1. The number of aryl methyl sites for hydroxylation is 1. The third-order valence-electron chi connectivity index (χ3n) is 3.71. The SMILES string of the molecule is Cc1c(CN2CCC(OCC(=O)O)CC2)cnn1C. The number of aliphatic carboxylic acids is 1. The summed E-state index contributed by atoms with van der Waals surface area (Å²) < 4.78 is 7.22. The van der Waals surface area contributed by atoms with Gasteiger partial charge in [0.25, 0.3) is 0 Å². The average molecular weight is 267 g/mol. The van der Waals surface area contributed by atoms with E-state index in [9.17, 15) is 4.79 Å². The minimum absolute atomic E-state index is 0.0855. The second-order valence-electron chi connectivity index (χ2n) is 5.06. The predicted molar refractivity (Wildman–Crippen MR) is 69.8 cm³/mol. The summed E-state index contributed by atoms with van der Waals surface area (Å²) >= 11 is 0. The second kappa shape index (κ2) is 6.16. The van der Waals surface area contributed by atoms with Gasteiger partial charge >= 0.3 is 5.97 Å². The van der Waals surface area contributed by atoms with Crippen LogP contribution in [0.5, 0.6) is 0 Å². The number of likely N-dealkylation sites (tertiary alicyclic amines) is 1. The van der Waals surface area contributed by atoms with Crippen LogP contribution in [0.4, 0.5) is 0 Å². The van der Waals surface area contributed by atoms with Crippen molar-refractivity contribution in [3.63, 3.8) is 0 Å².